The van der Waals surface area contributed by atoms with E-state index in [1.807, 2.05) is 13.8 Å². The number of amides is 2. The molecule has 0 atom stereocenters. The van der Waals surface area contributed by atoms with Crippen LogP contribution in [0.2, 0.25) is 0 Å². The molecular weight excluding hydrogens is 544 g/mol. The monoisotopic (exact) mass is 570 g/mol. The van der Waals surface area contributed by atoms with Gasteiger partial charge in [-0.25, -0.2) is 15.5 Å². The van der Waals surface area contributed by atoms with Crippen molar-refractivity contribution >= 4 is 29.9 Å². The average Bonchev–Trinajstić information content (AvgIpc) is 3.45. The van der Waals surface area contributed by atoms with Crippen molar-refractivity contribution in [1.82, 2.24) is 25.8 Å². The number of carbonyl (C=O) groups excluding carboxylic acids is 2. The summed E-state index contributed by atoms with van der Waals surface area (Å²) < 4.78 is 11.9. The summed E-state index contributed by atoms with van der Waals surface area (Å²) in [6.07, 6.45) is 2.82. The van der Waals surface area contributed by atoms with Gasteiger partial charge in [0, 0.05) is 12.1 Å². The van der Waals surface area contributed by atoms with Gasteiger partial charge in [-0.2, -0.15) is 10.2 Å². The highest BCUT2D eigenvalue weighted by Gasteiger charge is 2.26. The molecule has 2 amide bonds. The molecule has 2 N–H and O–H groups in total. The van der Waals surface area contributed by atoms with Crippen LogP contribution < -0.4 is 20.3 Å². The molecule has 0 fully saturated rings. The fraction of sp³-hybridized carbons (Fsp3) is 0.143. The maximum atomic E-state index is 13.2. The first-order valence-electron chi connectivity index (χ1n) is 12.7. The largest absolute Gasteiger partial charge is 0.494 e. The normalized spacial score (nSPS) is 11.0. The van der Waals surface area contributed by atoms with Crippen molar-refractivity contribution in [2.45, 2.75) is 13.8 Å². The van der Waals surface area contributed by atoms with E-state index in [-0.39, 0.29) is 22.8 Å². The molecule has 4 rings (SSSR count). The van der Waals surface area contributed by atoms with Gasteiger partial charge in [-0.3, -0.25) is 19.7 Å². The number of carbonyl (C=O) groups is 2. The Morgan fingerprint density at radius 1 is 0.833 bits per heavy atom. The number of non-ortho nitro benzene ring substituents is 1. The van der Waals surface area contributed by atoms with E-state index in [0.29, 0.717) is 35.8 Å². The summed E-state index contributed by atoms with van der Waals surface area (Å²) in [5, 5.41) is 26.8. The predicted molar refractivity (Wildman–Crippen MR) is 153 cm³/mol. The maximum Gasteiger partial charge on any atom is 0.294 e. The van der Waals surface area contributed by atoms with Gasteiger partial charge in [0.2, 0.25) is 0 Å². The van der Waals surface area contributed by atoms with Crippen LogP contribution in [0.25, 0.3) is 5.69 Å². The van der Waals surface area contributed by atoms with Gasteiger partial charge in [0.25, 0.3) is 17.5 Å². The minimum Gasteiger partial charge on any atom is -0.494 e. The number of nitro groups is 1. The Labute approximate surface area is 239 Å². The zero-order valence-corrected chi connectivity index (χ0v) is 22.6. The van der Waals surface area contributed by atoms with E-state index in [4.69, 9.17) is 9.47 Å². The molecule has 214 valence electrons. The Balaban J connectivity index is 1.55. The minimum atomic E-state index is -0.814. The second-order valence-corrected chi connectivity index (χ2v) is 8.37. The topological polar surface area (TPSA) is 175 Å². The summed E-state index contributed by atoms with van der Waals surface area (Å²) in [7, 11) is 0. The Morgan fingerprint density at radius 3 is 1.81 bits per heavy atom. The first-order valence-corrected chi connectivity index (χ1v) is 12.7. The van der Waals surface area contributed by atoms with E-state index in [1.165, 1.54) is 36.7 Å². The van der Waals surface area contributed by atoms with Gasteiger partial charge < -0.3 is 9.47 Å². The van der Waals surface area contributed by atoms with Crippen LogP contribution in [0.4, 0.5) is 5.69 Å². The van der Waals surface area contributed by atoms with E-state index in [2.05, 4.69) is 31.4 Å². The first-order chi connectivity index (χ1) is 20.4. The molecule has 14 heteroatoms. The van der Waals surface area contributed by atoms with Crippen LogP contribution in [-0.4, -0.2) is 57.4 Å². The lowest BCUT2D eigenvalue weighted by molar-refractivity contribution is -0.384. The van der Waals surface area contributed by atoms with Crippen molar-refractivity contribution in [1.29, 1.82) is 0 Å². The molecule has 4 aromatic rings. The molecule has 0 bridgehead atoms. The third-order valence-corrected chi connectivity index (χ3v) is 5.55. The molecule has 0 aliphatic heterocycles. The van der Waals surface area contributed by atoms with Crippen LogP contribution in [0.3, 0.4) is 0 Å². The van der Waals surface area contributed by atoms with E-state index in [9.17, 15) is 19.7 Å². The molecule has 0 saturated carbocycles. The number of ether oxygens (including phenoxy) is 2. The van der Waals surface area contributed by atoms with Crippen molar-refractivity contribution in [2.24, 2.45) is 10.2 Å². The summed E-state index contributed by atoms with van der Waals surface area (Å²) in [5.41, 5.74) is 5.56. The van der Waals surface area contributed by atoms with E-state index in [0.717, 1.165) is 4.68 Å². The summed E-state index contributed by atoms with van der Waals surface area (Å²) in [4.78, 5) is 36.7. The average molecular weight is 571 g/mol. The zero-order valence-electron chi connectivity index (χ0n) is 22.6. The molecule has 42 heavy (non-hydrogen) atoms. The first kappa shape index (κ1) is 29.1. The third-order valence-electron chi connectivity index (χ3n) is 5.55. The van der Waals surface area contributed by atoms with E-state index >= 15 is 0 Å². The van der Waals surface area contributed by atoms with Crippen LogP contribution in [0.5, 0.6) is 11.5 Å². The lowest BCUT2D eigenvalue weighted by Crippen LogP contribution is -2.27. The number of hydrazone groups is 2. The fourth-order valence-electron chi connectivity index (χ4n) is 3.61. The second kappa shape index (κ2) is 13.9. The van der Waals surface area contributed by atoms with Crippen molar-refractivity contribution in [3.8, 4) is 17.2 Å². The fourth-order valence-corrected chi connectivity index (χ4v) is 3.61. The Hall–Kier alpha value is -5.92. The number of hydrogen-bond donors (Lipinski definition) is 2. The molecule has 1 heterocycles. The highest BCUT2D eigenvalue weighted by Crippen LogP contribution is 2.18. The number of rotatable bonds is 12. The second-order valence-electron chi connectivity index (χ2n) is 8.37. The Morgan fingerprint density at radius 2 is 1.33 bits per heavy atom. The number of benzene rings is 3. The molecule has 0 radical (unpaired) electrons. The van der Waals surface area contributed by atoms with E-state index < -0.39 is 16.7 Å². The molecule has 3 aromatic carbocycles. The number of hydrogen-bond acceptors (Lipinski definition) is 10. The molecule has 0 saturated heterocycles. The van der Waals surface area contributed by atoms with Crippen molar-refractivity contribution in [2.75, 3.05) is 13.2 Å². The molecule has 0 aliphatic rings. The van der Waals surface area contributed by atoms with Crippen molar-refractivity contribution in [3.05, 3.63) is 105 Å². The lowest BCUT2D eigenvalue weighted by Gasteiger charge is -2.07. The number of nitrogens with one attached hydrogen (secondary N) is 2. The summed E-state index contributed by atoms with van der Waals surface area (Å²) >= 11 is 0. The smallest absolute Gasteiger partial charge is 0.294 e. The zero-order chi connectivity index (χ0) is 29.9. The Bertz CT molecular complexity index is 1600. The highest BCUT2D eigenvalue weighted by atomic mass is 16.6. The van der Waals surface area contributed by atoms with Crippen molar-refractivity contribution < 1.29 is 24.0 Å². The molecule has 0 aliphatic carbocycles. The van der Waals surface area contributed by atoms with Crippen LogP contribution in [-0.2, 0) is 0 Å². The molecule has 14 nitrogen and oxygen atoms in total. The van der Waals surface area contributed by atoms with Gasteiger partial charge in [0.05, 0.1) is 36.3 Å². The van der Waals surface area contributed by atoms with Gasteiger partial charge in [-0.15, -0.1) is 5.10 Å². The number of nitrogens with zero attached hydrogens (tertiary/aromatic N) is 6. The Kier molecular flexibility index (Phi) is 9.64. The van der Waals surface area contributed by atoms with Crippen LogP contribution in [0.1, 0.15) is 46.0 Å². The van der Waals surface area contributed by atoms with Crippen LogP contribution in [0, 0.1) is 10.1 Å². The molecule has 0 spiro atoms. The van der Waals surface area contributed by atoms with Gasteiger partial charge in [-0.1, -0.05) is 5.21 Å². The molecule has 0 unspecified atom stereocenters. The van der Waals surface area contributed by atoms with Gasteiger partial charge in [0.1, 0.15) is 11.5 Å². The van der Waals surface area contributed by atoms with Crippen molar-refractivity contribution in [3.63, 3.8) is 0 Å². The SMILES string of the molecule is CCOc1ccc(/C=N\NC(=O)c2nnn(-c3ccc([N+](=O)[O-])cc3)c2C(=O)N/N=C\c2ccc(OCC)cc2)cc1. The van der Waals surface area contributed by atoms with Crippen LogP contribution in [0.15, 0.2) is 83.0 Å². The maximum absolute atomic E-state index is 13.2. The third kappa shape index (κ3) is 7.38. The number of aromatic nitrogens is 3. The molecule has 1 aromatic heterocycles. The summed E-state index contributed by atoms with van der Waals surface area (Å²) in [5.74, 6) is -0.229. The van der Waals surface area contributed by atoms with Crippen LogP contribution >= 0.6 is 0 Å². The van der Waals surface area contributed by atoms with Gasteiger partial charge in [-0.05, 0) is 85.6 Å². The van der Waals surface area contributed by atoms with Gasteiger partial charge in [0.15, 0.2) is 11.4 Å². The summed E-state index contributed by atoms with van der Waals surface area (Å²) in [6, 6.07) is 19.3. The van der Waals surface area contributed by atoms with E-state index in [1.54, 1.807) is 48.5 Å². The standard InChI is InChI=1S/C28H26N8O6/c1-3-41-23-13-5-19(6-14-23)17-29-32-27(37)25-26(35(34-31-25)21-9-11-22(12-10-21)36(39)40)28(38)33-30-18-20-7-15-24(16-8-20)42-4-2/h5-18H,3-4H2,1-2H3,(H,32,37)(H,33,38)/b29-17-,30-18-. The quantitative estimate of drug-likeness (QED) is 0.148. The number of nitro benzene ring substituents is 1. The minimum absolute atomic E-state index is 0.161. The lowest BCUT2D eigenvalue weighted by atomic mass is 10.2. The highest BCUT2D eigenvalue weighted by molar-refractivity contribution is 6.05. The predicted octanol–water partition coefficient (Wildman–Crippen LogP) is 3.50. The molecular formula is C28H26N8O6. The van der Waals surface area contributed by atoms with Gasteiger partial charge >= 0.3 is 0 Å². The summed E-state index contributed by atoms with van der Waals surface area (Å²) in [6.45, 7) is 4.82.